The van der Waals surface area contributed by atoms with E-state index in [1.165, 1.54) is 0 Å². The Kier molecular flexibility index (Phi) is 4.84. The quantitative estimate of drug-likeness (QED) is 0.391. The first kappa shape index (κ1) is 22.6. The van der Waals surface area contributed by atoms with Crippen LogP contribution in [-0.2, 0) is 0 Å². The Hall–Kier alpha value is -3.62. The number of rotatable bonds is 6. The predicted molar refractivity (Wildman–Crippen MR) is 141 cm³/mol. The van der Waals surface area contributed by atoms with E-state index in [-0.39, 0.29) is 23.2 Å². The molecule has 1 aromatic carbocycles. The molecule has 1 saturated heterocycles. The molecule has 0 radical (unpaired) electrons. The Morgan fingerprint density at radius 3 is 2.59 bits per heavy atom. The van der Waals surface area contributed by atoms with Crippen molar-refractivity contribution in [2.45, 2.75) is 57.2 Å². The number of Topliss-reactive ketones (excluding diaryl/α,β-unsaturated/α-hetero) is 1. The lowest BCUT2D eigenvalue weighted by atomic mass is 9.37. The van der Waals surface area contributed by atoms with Gasteiger partial charge < -0.3 is 10.8 Å². The minimum Gasteiger partial charge on any atom is -0.392 e. The Bertz CT molecular complexity index is 1520. The highest BCUT2D eigenvalue weighted by Gasteiger charge is 2.75. The maximum atomic E-state index is 12.8. The summed E-state index contributed by atoms with van der Waals surface area (Å²) < 4.78 is 1.59. The van der Waals surface area contributed by atoms with Gasteiger partial charge in [0, 0.05) is 52.8 Å². The molecule has 7 rings (SSSR count). The Morgan fingerprint density at radius 2 is 1.97 bits per heavy atom. The van der Waals surface area contributed by atoms with Gasteiger partial charge in [-0.25, -0.2) is 4.98 Å². The van der Waals surface area contributed by atoms with Gasteiger partial charge in [0.1, 0.15) is 5.82 Å². The standard InChI is InChI=1S/C29H30N6O2/c1-16(36)15-34-23-10-11-29(23)21(12-24(29)34)26-25(17(2)37)27(30)35-28(33-26)20(14-32-35)19-8-9-22(31-13-19)18-6-4-3-5-7-18/h3-9,13-14,16,21,23-24,36H,10-12,15,30H2,1-2H3. The van der Waals surface area contributed by atoms with Crippen LogP contribution >= 0.6 is 0 Å². The van der Waals surface area contributed by atoms with E-state index in [9.17, 15) is 9.90 Å². The molecule has 8 nitrogen and oxygen atoms in total. The van der Waals surface area contributed by atoms with Crippen LogP contribution in [0.25, 0.3) is 28.0 Å². The minimum absolute atomic E-state index is 0.0799. The average Bonchev–Trinajstić information content (AvgIpc) is 3.27. The fourth-order valence-corrected chi connectivity index (χ4v) is 7.30. The number of carbonyl (C=O) groups is 1. The molecule has 4 aromatic rings. The summed E-state index contributed by atoms with van der Waals surface area (Å²) >= 11 is 0. The molecule has 3 fully saturated rings. The zero-order valence-electron chi connectivity index (χ0n) is 21.0. The number of nitrogens with zero attached hydrogens (tertiary/aromatic N) is 5. The highest BCUT2D eigenvalue weighted by Crippen LogP contribution is 2.74. The van der Waals surface area contributed by atoms with Crippen LogP contribution in [0.15, 0.2) is 54.9 Å². The monoisotopic (exact) mass is 494 g/mol. The number of aromatic nitrogens is 4. The van der Waals surface area contributed by atoms with Gasteiger partial charge in [-0.1, -0.05) is 36.4 Å². The van der Waals surface area contributed by atoms with E-state index in [1.807, 2.05) is 55.6 Å². The summed E-state index contributed by atoms with van der Waals surface area (Å²) in [5, 5.41) is 14.5. The third kappa shape index (κ3) is 3.03. The van der Waals surface area contributed by atoms with Crippen LogP contribution in [-0.4, -0.2) is 60.1 Å². The molecule has 3 aromatic heterocycles. The number of β-amino-alcohol motifs (C(OH)–C–C–N with tert-alkyl or cyclic N) is 1. The van der Waals surface area contributed by atoms with E-state index < -0.39 is 0 Å². The molecule has 4 heterocycles. The third-order valence-corrected chi connectivity index (χ3v) is 9.01. The molecule has 37 heavy (non-hydrogen) atoms. The number of nitrogen functional groups attached to an aromatic ring is 1. The number of fused-ring (bicyclic) bond motifs is 1. The van der Waals surface area contributed by atoms with Gasteiger partial charge in [0.05, 0.1) is 29.3 Å². The second kappa shape index (κ2) is 7.94. The van der Waals surface area contributed by atoms with Crippen LogP contribution in [0.2, 0.25) is 0 Å². The highest BCUT2D eigenvalue weighted by molar-refractivity contribution is 6.00. The van der Waals surface area contributed by atoms with E-state index in [2.05, 4.69) is 15.0 Å². The number of carbonyl (C=O) groups excluding carboxylic acids is 1. The lowest BCUT2D eigenvalue weighted by molar-refractivity contribution is -0.284. The summed E-state index contributed by atoms with van der Waals surface area (Å²) in [7, 11) is 0. The number of ketones is 1. The number of nitrogens with two attached hydrogens (primary N) is 1. The molecule has 3 aliphatic rings. The number of piperidine rings is 2. The molecule has 2 saturated carbocycles. The molecule has 8 heteroatoms. The van der Waals surface area contributed by atoms with E-state index in [4.69, 9.17) is 10.7 Å². The lowest BCUT2D eigenvalue weighted by Crippen LogP contribution is -2.84. The van der Waals surface area contributed by atoms with Crippen molar-refractivity contribution < 1.29 is 9.90 Å². The van der Waals surface area contributed by atoms with Crippen LogP contribution in [0.3, 0.4) is 0 Å². The minimum atomic E-state index is -0.341. The molecule has 1 spiro atoms. The topological polar surface area (TPSA) is 110 Å². The van der Waals surface area contributed by atoms with E-state index in [0.717, 1.165) is 47.3 Å². The fourth-order valence-electron chi connectivity index (χ4n) is 7.30. The van der Waals surface area contributed by atoms with Crippen molar-refractivity contribution in [1.82, 2.24) is 24.5 Å². The van der Waals surface area contributed by atoms with Gasteiger partial charge >= 0.3 is 0 Å². The normalized spacial score (nSPS) is 26.9. The first-order chi connectivity index (χ1) is 17.9. The summed E-state index contributed by atoms with van der Waals surface area (Å²) in [6.07, 6.45) is 6.45. The number of aliphatic hydroxyl groups is 1. The van der Waals surface area contributed by atoms with Crippen molar-refractivity contribution in [3.63, 3.8) is 0 Å². The number of likely N-dealkylation sites (tertiary alicyclic amines) is 1. The molecule has 5 unspecified atom stereocenters. The largest absolute Gasteiger partial charge is 0.392 e. The molecule has 1 aliphatic heterocycles. The molecule has 2 aliphatic carbocycles. The van der Waals surface area contributed by atoms with Gasteiger partial charge in [0.15, 0.2) is 11.4 Å². The smallest absolute Gasteiger partial charge is 0.165 e. The molecular weight excluding hydrogens is 464 g/mol. The molecule has 5 atom stereocenters. The molecule has 188 valence electrons. The Morgan fingerprint density at radius 1 is 1.16 bits per heavy atom. The highest BCUT2D eigenvalue weighted by atomic mass is 16.3. The van der Waals surface area contributed by atoms with Crippen LogP contribution in [0, 0.1) is 5.41 Å². The van der Waals surface area contributed by atoms with Gasteiger partial charge in [0.25, 0.3) is 0 Å². The zero-order valence-corrected chi connectivity index (χ0v) is 21.0. The van der Waals surface area contributed by atoms with Gasteiger partial charge in [-0.3, -0.25) is 14.7 Å². The Balaban J connectivity index is 1.29. The number of pyridine rings is 1. The number of hydrogen-bond donors (Lipinski definition) is 2. The van der Waals surface area contributed by atoms with Gasteiger partial charge in [-0.05, 0) is 39.2 Å². The molecule has 3 N–H and O–H groups in total. The van der Waals surface area contributed by atoms with Gasteiger partial charge in [-0.2, -0.15) is 9.61 Å². The number of aliphatic hydroxyl groups excluding tert-OH is 1. The van der Waals surface area contributed by atoms with Crippen molar-refractivity contribution in [2.75, 3.05) is 12.3 Å². The van der Waals surface area contributed by atoms with E-state index >= 15 is 0 Å². The SMILES string of the molecule is CC(=O)c1c(C2CC3N(CC(C)O)C4CCC243)nc2c(-c3ccc(-c4ccccc4)nc3)cnn2c1N. The second-order valence-electron chi connectivity index (χ2n) is 10.9. The van der Waals surface area contributed by atoms with Crippen molar-refractivity contribution in [2.24, 2.45) is 5.41 Å². The zero-order chi connectivity index (χ0) is 25.5. The Labute approximate surface area is 215 Å². The van der Waals surface area contributed by atoms with Crippen LogP contribution in [0.1, 0.15) is 55.1 Å². The van der Waals surface area contributed by atoms with Crippen molar-refractivity contribution in [1.29, 1.82) is 0 Å². The van der Waals surface area contributed by atoms with Crippen molar-refractivity contribution in [3.05, 3.63) is 66.1 Å². The summed E-state index contributed by atoms with van der Waals surface area (Å²) in [6.45, 7) is 4.11. The number of benzene rings is 1. The summed E-state index contributed by atoms with van der Waals surface area (Å²) in [5.74, 6) is 0.459. The molecular formula is C29H30N6O2. The predicted octanol–water partition coefficient (Wildman–Crippen LogP) is 3.94. The van der Waals surface area contributed by atoms with Crippen molar-refractivity contribution in [3.8, 4) is 22.4 Å². The average molecular weight is 495 g/mol. The third-order valence-electron chi connectivity index (χ3n) is 9.01. The van der Waals surface area contributed by atoms with Crippen LogP contribution in [0.5, 0.6) is 0 Å². The summed E-state index contributed by atoms with van der Waals surface area (Å²) in [4.78, 5) is 25.1. The van der Waals surface area contributed by atoms with Crippen molar-refractivity contribution >= 4 is 17.2 Å². The van der Waals surface area contributed by atoms with Gasteiger partial charge in [-0.15, -0.1) is 0 Å². The first-order valence-corrected chi connectivity index (χ1v) is 13.0. The number of hydrogen-bond acceptors (Lipinski definition) is 7. The lowest BCUT2D eigenvalue weighted by Gasteiger charge is -2.80. The van der Waals surface area contributed by atoms with Crippen LogP contribution < -0.4 is 5.73 Å². The van der Waals surface area contributed by atoms with E-state index in [1.54, 1.807) is 17.6 Å². The van der Waals surface area contributed by atoms with Crippen LogP contribution in [0.4, 0.5) is 5.82 Å². The molecule has 0 bridgehead atoms. The second-order valence-corrected chi connectivity index (χ2v) is 10.9. The fraction of sp³-hybridized carbons (Fsp3) is 0.379. The molecule has 0 amide bonds. The summed E-state index contributed by atoms with van der Waals surface area (Å²) in [6, 6.07) is 15.0. The van der Waals surface area contributed by atoms with Gasteiger partial charge in [0.2, 0.25) is 0 Å². The first-order valence-electron chi connectivity index (χ1n) is 13.0. The maximum Gasteiger partial charge on any atom is 0.165 e. The van der Waals surface area contributed by atoms with E-state index in [0.29, 0.717) is 35.7 Å². The maximum absolute atomic E-state index is 12.8. The number of anilines is 1. The summed E-state index contributed by atoms with van der Waals surface area (Å²) in [5.41, 5.74) is 12.4.